The van der Waals surface area contributed by atoms with Crippen LogP contribution in [-0.4, -0.2) is 28.4 Å². The molecule has 0 radical (unpaired) electrons. The zero-order valence-electron chi connectivity index (χ0n) is 21.1. The third-order valence-electron chi connectivity index (χ3n) is 7.77. The lowest BCUT2D eigenvalue weighted by molar-refractivity contribution is -0.0717. The summed E-state index contributed by atoms with van der Waals surface area (Å²) in [6.45, 7) is 6.90. The largest absolute Gasteiger partial charge is 0.507 e. The maximum Gasteiger partial charge on any atom is 0.205 e. The van der Waals surface area contributed by atoms with E-state index in [1.165, 1.54) is 0 Å². The highest BCUT2D eigenvalue weighted by atomic mass is 16.5. The number of rotatable bonds is 4. The summed E-state index contributed by atoms with van der Waals surface area (Å²) in [6, 6.07) is 22.4. The van der Waals surface area contributed by atoms with Gasteiger partial charge in [-0.05, 0) is 54.5 Å². The van der Waals surface area contributed by atoms with E-state index in [1.54, 1.807) is 30.6 Å². The van der Waals surface area contributed by atoms with Crippen LogP contribution in [0.2, 0.25) is 0 Å². The average molecular weight is 483 g/mol. The van der Waals surface area contributed by atoms with Gasteiger partial charge in [0.25, 0.3) is 0 Å². The molecule has 36 heavy (non-hydrogen) atoms. The summed E-state index contributed by atoms with van der Waals surface area (Å²) in [5, 5.41) is 20.7. The second-order valence-electron chi connectivity index (χ2n) is 11.0. The molecule has 4 unspecified atom stereocenters. The number of phenolic OH excluding ortho intramolecular Hbond substituents is 2. The van der Waals surface area contributed by atoms with Gasteiger partial charge in [-0.25, -0.2) is 4.99 Å². The second kappa shape index (κ2) is 9.45. The van der Waals surface area contributed by atoms with E-state index in [2.05, 4.69) is 26.8 Å². The summed E-state index contributed by atoms with van der Waals surface area (Å²) >= 11 is 0. The van der Waals surface area contributed by atoms with Crippen LogP contribution in [0.15, 0.2) is 82.8 Å². The Morgan fingerprint density at radius 1 is 0.861 bits per heavy atom. The fraction of sp³-hybridized carbons (Fsp3) is 0.355. The Bertz CT molecular complexity index is 1290. The number of aliphatic imine (C=N–C) groups is 2. The van der Waals surface area contributed by atoms with Crippen molar-refractivity contribution < 1.29 is 14.9 Å². The minimum absolute atomic E-state index is 0.00501. The van der Waals surface area contributed by atoms with E-state index in [9.17, 15) is 10.2 Å². The first-order chi connectivity index (χ1) is 17.3. The smallest absolute Gasteiger partial charge is 0.205 e. The second-order valence-corrected chi connectivity index (χ2v) is 11.0. The number of benzene rings is 3. The minimum atomic E-state index is -0.793. The number of nitrogens with zero attached hydrogens (tertiary/aromatic N) is 2. The first-order valence-corrected chi connectivity index (χ1v) is 12.7. The van der Waals surface area contributed by atoms with Crippen molar-refractivity contribution in [3.8, 4) is 17.2 Å². The van der Waals surface area contributed by atoms with Gasteiger partial charge in [-0.3, -0.25) is 4.99 Å². The quantitative estimate of drug-likeness (QED) is 0.396. The van der Waals surface area contributed by atoms with E-state index in [-0.39, 0.29) is 28.9 Å². The van der Waals surface area contributed by atoms with Crippen LogP contribution in [0.4, 0.5) is 0 Å². The molecule has 1 fully saturated rings. The molecule has 0 amide bonds. The van der Waals surface area contributed by atoms with Gasteiger partial charge in [-0.15, -0.1) is 0 Å². The normalized spacial score (nSPS) is 25.9. The van der Waals surface area contributed by atoms with Gasteiger partial charge in [0, 0.05) is 41.5 Å². The fourth-order valence-corrected chi connectivity index (χ4v) is 5.59. The number of fused-ring (bicyclic) bond motifs is 2. The van der Waals surface area contributed by atoms with Crippen molar-refractivity contribution in [1.29, 1.82) is 0 Å². The highest BCUT2D eigenvalue weighted by molar-refractivity contribution is 5.84. The Kier molecular flexibility index (Phi) is 6.33. The molecule has 0 aromatic heterocycles. The lowest BCUT2D eigenvalue weighted by atomic mass is 9.63. The van der Waals surface area contributed by atoms with Gasteiger partial charge in [0.15, 0.2) is 0 Å². The first-order valence-electron chi connectivity index (χ1n) is 12.7. The van der Waals surface area contributed by atoms with Crippen LogP contribution >= 0.6 is 0 Å². The zero-order valence-corrected chi connectivity index (χ0v) is 21.1. The lowest BCUT2D eigenvalue weighted by Gasteiger charge is -2.51. The minimum Gasteiger partial charge on any atom is -0.507 e. The van der Waals surface area contributed by atoms with E-state index in [0.717, 1.165) is 30.6 Å². The highest BCUT2D eigenvalue weighted by Gasteiger charge is 2.54. The highest BCUT2D eigenvalue weighted by Crippen LogP contribution is 2.56. The maximum atomic E-state index is 10.3. The zero-order chi connectivity index (χ0) is 25.3. The Labute approximate surface area is 213 Å². The number of ether oxygens (including phenoxy) is 1. The number of para-hydroxylation sites is 3. The summed E-state index contributed by atoms with van der Waals surface area (Å²) in [5.74, 6) is 1.68. The van der Waals surface area contributed by atoms with E-state index in [4.69, 9.17) is 14.7 Å². The third-order valence-corrected chi connectivity index (χ3v) is 7.77. The fourth-order valence-electron chi connectivity index (χ4n) is 5.59. The monoisotopic (exact) mass is 482 g/mol. The molecule has 0 spiro atoms. The van der Waals surface area contributed by atoms with Crippen LogP contribution in [0.25, 0.3) is 0 Å². The van der Waals surface area contributed by atoms with Gasteiger partial charge in [0.1, 0.15) is 17.2 Å². The molecule has 0 saturated heterocycles. The number of phenols is 2. The molecular formula is C31H34N2O3. The van der Waals surface area contributed by atoms with Crippen LogP contribution in [0.5, 0.6) is 17.2 Å². The number of hydrogen-bond acceptors (Lipinski definition) is 5. The summed E-state index contributed by atoms with van der Waals surface area (Å²) < 4.78 is 6.75. The summed E-state index contributed by atoms with van der Waals surface area (Å²) in [7, 11) is 0. The molecule has 1 saturated carbocycles. The summed E-state index contributed by atoms with van der Waals surface area (Å²) in [6.07, 6.45) is 6.20. The molecule has 4 atom stereocenters. The van der Waals surface area contributed by atoms with Crippen molar-refractivity contribution in [2.75, 3.05) is 0 Å². The number of hydrogen-bond donors (Lipinski definition) is 2. The molecule has 2 aliphatic rings. The van der Waals surface area contributed by atoms with E-state index in [0.29, 0.717) is 17.0 Å². The lowest BCUT2D eigenvalue weighted by Crippen LogP contribution is -2.52. The predicted octanol–water partition coefficient (Wildman–Crippen LogP) is 6.93. The molecule has 0 bridgehead atoms. The van der Waals surface area contributed by atoms with Crippen LogP contribution in [-0.2, 0) is 0 Å². The third kappa shape index (κ3) is 4.62. The molecule has 1 heterocycles. The van der Waals surface area contributed by atoms with E-state index >= 15 is 0 Å². The van der Waals surface area contributed by atoms with Crippen molar-refractivity contribution in [1.82, 2.24) is 0 Å². The molecule has 186 valence electrons. The Balaban J connectivity index is 1.62. The van der Waals surface area contributed by atoms with Gasteiger partial charge in [-0.2, -0.15) is 0 Å². The van der Waals surface area contributed by atoms with E-state index < -0.39 is 5.72 Å². The van der Waals surface area contributed by atoms with Crippen LogP contribution in [0, 0.1) is 17.3 Å². The Morgan fingerprint density at radius 2 is 1.47 bits per heavy atom. The summed E-state index contributed by atoms with van der Waals surface area (Å²) in [5.41, 5.74) is 1.75. The molecule has 2 N–H and O–H groups in total. The molecule has 5 nitrogen and oxygen atoms in total. The first kappa shape index (κ1) is 24.1. The van der Waals surface area contributed by atoms with Crippen LogP contribution < -0.4 is 4.74 Å². The van der Waals surface area contributed by atoms with Crippen molar-refractivity contribution in [3.63, 3.8) is 0 Å². The van der Waals surface area contributed by atoms with Crippen LogP contribution in [0.1, 0.15) is 62.8 Å². The standard InChI is InChI=1S/C31H34N2O3/c1-30(2,3)23-16-17-31(33-20-22-11-5-8-14-27(22)35)25(18-23)29(24-12-6-9-15-28(24)36-31)32-19-21-10-4-7-13-26(21)34/h4-15,19-20,23,25,29,34-35H,16-18H2,1-3H3/b32-19?,33-20+. The maximum absolute atomic E-state index is 10.3. The van der Waals surface area contributed by atoms with Gasteiger partial charge < -0.3 is 14.9 Å². The van der Waals surface area contributed by atoms with Gasteiger partial charge in [0.2, 0.25) is 5.72 Å². The number of aromatic hydroxyl groups is 2. The molecule has 3 aromatic carbocycles. The topological polar surface area (TPSA) is 74.4 Å². The van der Waals surface area contributed by atoms with Gasteiger partial charge in [0.05, 0.1) is 6.04 Å². The summed E-state index contributed by atoms with van der Waals surface area (Å²) in [4.78, 5) is 10.2. The average Bonchev–Trinajstić information content (AvgIpc) is 2.86. The van der Waals surface area contributed by atoms with Crippen LogP contribution in [0.3, 0.4) is 0 Å². The van der Waals surface area contributed by atoms with Crippen molar-refractivity contribution >= 4 is 12.4 Å². The van der Waals surface area contributed by atoms with Crippen molar-refractivity contribution in [2.24, 2.45) is 27.2 Å². The molecule has 3 aromatic rings. The van der Waals surface area contributed by atoms with Crippen molar-refractivity contribution in [2.45, 2.75) is 51.8 Å². The predicted molar refractivity (Wildman–Crippen MR) is 144 cm³/mol. The van der Waals surface area contributed by atoms with Gasteiger partial charge >= 0.3 is 0 Å². The van der Waals surface area contributed by atoms with Crippen molar-refractivity contribution in [3.05, 3.63) is 89.5 Å². The molecule has 5 rings (SSSR count). The molecule has 1 aliphatic heterocycles. The molecule has 5 heteroatoms. The molecular weight excluding hydrogens is 448 g/mol. The SMILES string of the molecule is CC(C)(C)C1CCC2(/N=C/c3ccccc3O)Oc3ccccc3C(N=Cc3ccccc3O)C2C1. The van der Waals surface area contributed by atoms with Gasteiger partial charge in [-0.1, -0.05) is 63.2 Å². The molecule has 1 aliphatic carbocycles. The Morgan fingerprint density at radius 3 is 2.14 bits per heavy atom. The van der Waals surface area contributed by atoms with E-state index in [1.807, 2.05) is 48.5 Å². The Hall–Kier alpha value is -3.60.